The van der Waals surface area contributed by atoms with Crippen LogP contribution in [-0.2, 0) is 4.57 Å². The lowest BCUT2D eigenvalue weighted by molar-refractivity contribution is -0.189. The molecule has 0 saturated carbocycles. The van der Waals surface area contributed by atoms with Crippen molar-refractivity contribution in [2.24, 2.45) is 0 Å². The second-order valence-electron chi connectivity index (χ2n) is 2.19. The van der Waals surface area contributed by atoms with E-state index in [0.717, 1.165) is 0 Å². The second-order valence-corrected chi connectivity index (χ2v) is 3.64. The molecule has 0 aliphatic carbocycles. The van der Waals surface area contributed by atoms with E-state index < -0.39 is 13.1 Å². The van der Waals surface area contributed by atoms with E-state index in [1.807, 2.05) is 0 Å². The van der Waals surface area contributed by atoms with E-state index in [-0.39, 0.29) is 5.56 Å². The molecule has 0 fully saturated rings. The van der Waals surface area contributed by atoms with Gasteiger partial charge in [-0.1, -0.05) is 30.3 Å². The summed E-state index contributed by atoms with van der Waals surface area (Å²) < 4.78 is 10.4. The molecule has 1 unspecified atom stereocenters. The SMILES string of the molecule is O=C(c1ccccc1)P(=O)([O-])O. The Morgan fingerprint density at radius 3 is 2.25 bits per heavy atom. The Kier molecular flexibility index (Phi) is 2.43. The van der Waals surface area contributed by atoms with E-state index >= 15 is 0 Å². The maximum absolute atomic E-state index is 10.8. The first-order chi connectivity index (χ1) is 5.52. The first-order valence-corrected chi connectivity index (χ1v) is 4.73. The van der Waals surface area contributed by atoms with Gasteiger partial charge in [0.25, 0.3) is 0 Å². The first kappa shape index (κ1) is 9.13. The summed E-state index contributed by atoms with van der Waals surface area (Å²) >= 11 is 0. The Labute approximate surface area is 69.0 Å². The monoisotopic (exact) mass is 185 g/mol. The Hall–Kier alpha value is -0.960. The molecule has 1 rings (SSSR count). The molecular formula is C7H6O4P-. The molecule has 1 aromatic rings. The molecule has 0 radical (unpaired) electrons. The van der Waals surface area contributed by atoms with E-state index in [1.54, 1.807) is 6.07 Å². The van der Waals surface area contributed by atoms with Crippen LogP contribution in [0.5, 0.6) is 0 Å². The van der Waals surface area contributed by atoms with E-state index in [9.17, 15) is 14.3 Å². The number of benzene rings is 1. The van der Waals surface area contributed by atoms with Crippen LogP contribution >= 0.6 is 7.60 Å². The molecule has 0 aliphatic heterocycles. The summed E-state index contributed by atoms with van der Waals surface area (Å²) in [5, 5.41) is 0. The molecule has 0 aliphatic rings. The average Bonchev–Trinajstić information content (AvgIpc) is 2.03. The highest BCUT2D eigenvalue weighted by Crippen LogP contribution is 2.33. The van der Waals surface area contributed by atoms with Gasteiger partial charge in [-0.15, -0.1) is 0 Å². The third kappa shape index (κ3) is 2.01. The van der Waals surface area contributed by atoms with E-state index in [0.29, 0.717) is 0 Å². The van der Waals surface area contributed by atoms with Crippen molar-refractivity contribution in [2.45, 2.75) is 0 Å². The summed E-state index contributed by atoms with van der Waals surface area (Å²) in [7, 11) is -4.87. The van der Waals surface area contributed by atoms with Gasteiger partial charge < -0.3 is 14.4 Å². The Balaban J connectivity index is 3.03. The van der Waals surface area contributed by atoms with Gasteiger partial charge in [-0.2, -0.15) is 0 Å². The van der Waals surface area contributed by atoms with Crippen LogP contribution < -0.4 is 4.89 Å². The average molecular weight is 185 g/mol. The number of carbonyl (C=O) groups is 1. The van der Waals surface area contributed by atoms with Gasteiger partial charge in [-0.05, 0) is 0 Å². The largest absolute Gasteiger partial charge is 0.773 e. The zero-order valence-corrected chi connectivity index (χ0v) is 6.90. The molecule has 12 heavy (non-hydrogen) atoms. The third-order valence-corrected chi connectivity index (χ3v) is 2.05. The highest BCUT2D eigenvalue weighted by atomic mass is 31.2. The second kappa shape index (κ2) is 3.19. The molecule has 1 N–H and O–H groups in total. The minimum atomic E-state index is -4.87. The van der Waals surface area contributed by atoms with Crippen LogP contribution in [0.15, 0.2) is 30.3 Å². The van der Waals surface area contributed by atoms with Gasteiger partial charge in [0, 0.05) is 5.56 Å². The third-order valence-electron chi connectivity index (χ3n) is 1.28. The van der Waals surface area contributed by atoms with Gasteiger partial charge in [0.05, 0.1) is 0 Å². The molecular weight excluding hydrogens is 179 g/mol. The fourth-order valence-corrected chi connectivity index (χ4v) is 1.22. The van der Waals surface area contributed by atoms with Crippen LogP contribution in [-0.4, -0.2) is 10.4 Å². The number of carbonyl (C=O) groups excluding carboxylic acids is 1. The van der Waals surface area contributed by atoms with Crippen LogP contribution in [0, 0.1) is 0 Å². The minimum Gasteiger partial charge on any atom is -0.773 e. The first-order valence-electron chi connectivity index (χ1n) is 3.15. The number of rotatable bonds is 2. The van der Waals surface area contributed by atoms with Gasteiger partial charge in [0.15, 0.2) is 0 Å². The highest BCUT2D eigenvalue weighted by molar-refractivity contribution is 7.69. The molecule has 1 atom stereocenters. The molecule has 0 heterocycles. The summed E-state index contributed by atoms with van der Waals surface area (Å²) in [5.74, 6) is 0. The summed E-state index contributed by atoms with van der Waals surface area (Å²) in [4.78, 5) is 29.6. The van der Waals surface area contributed by atoms with Crippen LogP contribution in [0.4, 0.5) is 0 Å². The summed E-state index contributed by atoms with van der Waals surface area (Å²) in [6, 6.07) is 7.32. The fraction of sp³-hybridized carbons (Fsp3) is 0. The van der Waals surface area contributed by atoms with Crippen molar-refractivity contribution >= 4 is 13.1 Å². The van der Waals surface area contributed by atoms with Crippen LogP contribution in [0.3, 0.4) is 0 Å². The maximum atomic E-state index is 10.8. The number of hydrogen-bond acceptors (Lipinski definition) is 3. The minimum absolute atomic E-state index is 0.0293. The maximum Gasteiger partial charge on any atom is 0.233 e. The molecule has 0 aromatic heterocycles. The molecule has 64 valence electrons. The summed E-state index contributed by atoms with van der Waals surface area (Å²) in [6.45, 7) is 0. The fourth-order valence-electron chi connectivity index (χ4n) is 0.744. The van der Waals surface area contributed by atoms with Crippen LogP contribution in [0.2, 0.25) is 0 Å². The van der Waals surface area contributed by atoms with Crippen molar-refractivity contribution in [1.82, 2.24) is 0 Å². The molecule has 0 amide bonds. The van der Waals surface area contributed by atoms with E-state index in [1.165, 1.54) is 24.3 Å². The van der Waals surface area contributed by atoms with Crippen molar-refractivity contribution in [3.05, 3.63) is 35.9 Å². The lowest BCUT2D eigenvalue weighted by atomic mass is 10.2. The molecule has 0 spiro atoms. The van der Waals surface area contributed by atoms with Crippen LogP contribution in [0.25, 0.3) is 0 Å². The van der Waals surface area contributed by atoms with Gasteiger partial charge >= 0.3 is 0 Å². The van der Waals surface area contributed by atoms with Crippen molar-refractivity contribution in [2.75, 3.05) is 0 Å². The zero-order chi connectivity index (χ0) is 9.19. The number of hydrogen-bond donors (Lipinski definition) is 1. The predicted molar refractivity (Wildman–Crippen MR) is 40.6 cm³/mol. The summed E-state index contributed by atoms with van der Waals surface area (Å²) in [5.41, 5.74) is -1.28. The predicted octanol–water partition coefficient (Wildman–Crippen LogP) is 0.372. The summed E-state index contributed by atoms with van der Waals surface area (Å²) in [6.07, 6.45) is 0. The van der Waals surface area contributed by atoms with Crippen molar-refractivity contribution in [1.29, 1.82) is 0 Å². The molecule has 0 bridgehead atoms. The zero-order valence-electron chi connectivity index (χ0n) is 6.01. The molecule has 4 nitrogen and oxygen atoms in total. The van der Waals surface area contributed by atoms with Crippen molar-refractivity contribution in [3.8, 4) is 0 Å². The van der Waals surface area contributed by atoms with Gasteiger partial charge in [0.1, 0.15) is 0 Å². The highest BCUT2D eigenvalue weighted by Gasteiger charge is 2.16. The lowest BCUT2D eigenvalue weighted by Crippen LogP contribution is -2.10. The van der Waals surface area contributed by atoms with Crippen molar-refractivity contribution in [3.63, 3.8) is 0 Å². The van der Waals surface area contributed by atoms with Gasteiger partial charge in [-0.25, -0.2) is 0 Å². The molecule has 1 aromatic carbocycles. The standard InChI is InChI=1S/C7H7O4P/c8-7(12(9,10)11)6-4-2-1-3-5-6/h1-5H,(H2,9,10,11)/p-1. The molecule has 5 heteroatoms. The van der Waals surface area contributed by atoms with Crippen LogP contribution in [0.1, 0.15) is 10.4 Å². The van der Waals surface area contributed by atoms with Gasteiger partial charge in [0.2, 0.25) is 13.1 Å². The Bertz CT molecular complexity index is 327. The van der Waals surface area contributed by atoms with Crippen molar-refractivity contribution < 1.29 is 19.1 Å². The van der Waals surface area contributed by atoms with E-state index in [4.69, 9.17) is 4.89 Å². The smallest absolute Gasteiger partial charge is 0.233 e. The normalized spacial score (nSPS) is 15.2. The lowest BCUT2D eigenvalue weighted by Gasteiger charge is -2.12. The molecule has 0 saturated heterocycles. The van der Waals surface area contributed by atoms with E-state index in [2.05, 4.69) is 0 Å². The van der Waals surface area contributed by atoms with Gasteiger partial charge in [-0.3, -0.25) is 4.79 Å². The topological polar surface area (TPSA) is 77.4 Å². The quantitative estimate of drug-likeness (QED) is 0.675. The Morgan fingerprint density at radius 2 is 1.83 bits per heavy atom. The Morgan fingerprint density at radius 1 is 1.33 bits per heavy atom.